The molecule has 24 heavy (non-hydrogen) atoms. The van der Waals surface area contributed by atoms with Gasteiger partial charge in [-0.25, -0.2) is 0 Å². The van der Waals surface area contributed by atoms with Crippen LogP contribution < -0.4 is 10.6 Å². The van der Waals surface area contributed by atoms with E-state index in [0.29, 0.717) is 5.25 Å². The molecule has 0 radical (unpaired) electrons. The van der Waals surface area contributed by atoms with Gasteiger partial charge < -0.3 is 10.6 Å². The average molecular weight is 456 g/mol. The molecule has 0 fully saturated rings. The molecule has 0 spiro atoms. The van der Waals surface area contributed by atoms with Crippen LogP contribution in [-0.4, -0.2) is 36.3 Å². The van der Waals surface area contributed by atoms with E-state index in [-0.39, 0.29) is 24.0 Å². The van der Waals surface area contributed by atoms with Crippen LogP contribution in [0.4, 0.5) is 0 Å². The maximum atomic E-state index is 4.27. The lowest BCUT2D eigenvalue weighted by Gasteiger charge is -2.16. The van der Waals surface area contributed by atoms with Gasteiger partial charge in [0, 0.05) is 42.7 Å². The Hall–Kier alpha value is -1.28. The molecule has 0 amide bonds. The standard InChI is InChI=1S/C18H24N4S.HI/c1-15(23-17-8-4-3-5-9-17)13-22-18(19-2)21-12-10-16-7-6-11-20-14-16;/h3-9,11,14-15H,10,12-13H2,1-2H3,(H2,19,21,22);1H. The summed E-state index contributed by atoms with van der Waals surface area (Å²) < 4.78 is 0. The molecule has 0 aliphatic carbocycles. The van der Waals surface area contributed by atoms with Gasteiger partial charge in [0.15, 0.2) is 5.96 Å². The minimum Gasteiger partial charge on any atom is -0.356 e. The monoisotopic (exact) mass is 456 g/mol. The van der Waals surface area contributed by atoms with E-state index in [2.05, 4.69) is 57.9 Å². The second-order valence-corrected chi connectivity index (χ2v) is 6.74. The third kappa shape index (κ3) is 8.01. The van der Waals surface area contributed by atoms with Crippen LogP contribution in [0.15, 0.2) is 64.7 Å². The zero-order chi connectivity index (χ0) is 16.3. The molecule has 0 aliphatic heterocycles. The quantitative estimate of drug-likeness (QED) is 0.290. The van der Waals surface area contributed by atoms with Gasteiger partial charge in [0.25, 0.3) is 0 Å². The summed E-state index contributed by atoms with van der Waals surface area (Å²) in [6, 6.07) is 14.5. The average Bonchev–Trinajstić information content (AvgIpc) is 2.59. The highest BCUT2D eigenvalue weighted by Crippen LogP contribution is 2.21. The number of halogens is 1. The Morgan fingerprint density at radius 2 is 1.96 bits per heavy atom. The van der Waals surface area contributed by atoms with Crippen LogP contribution in [0.25, 0.3) is 0 Å². The van der Waals surface area contributed by atoms with Gasteiger partial charge in [-0.2, -0.15) is 0 Å². The van der Waals surface area contributed by atoms with Crippen LogP contribution in [0.5, 0.6) is 0 Å². The number of nitrogens with zero attached hydrogens (tertiary/aromatic N) is 2. The normalized spacial score (nSPS) is 12.2. The Morgan fingerprint density at radius 3 is 2.62 bits per heavy atom. The number of aromatic nitrogens is 1. The number of thioether (sulfide) groups is 1. The smallest absolute Gasteiger partial charge is 0.191 e. The van der Waals surface area contributed by atoms with E-state index in [1.54, 1.807) is 13.2 Å². The summed E-state index contributed by atoms with van der Waals surface area (Å²) in [5, 5.41) is 7.18. The fourth-order valence-electron chi connectivity index (χ4n) is 2.11. The van der Waals surface area contributed by atoms with Gasteiger partial charge in [0.05, 0.1) is 0 Å². The molecule has 4 nitrogen and oxygen atoms in total. The number of guanidine groups is 1. The van der Waals surface area contributed by atoms with Crippen LogP contribution in [0.1, 0.15) is 12.5 Å². The first kappa shape index (κ1) is 20.8. The lowest BCUT2D eigenvalue weighted by Crippen LogP contribution is -2.40. The van der Waals surface area contributed by atoms with Crippen molar-refractivity contribution in [2.24, 2.45) is 4.99 Å². The van der Waals surface area contributed by atoms with Crippen LogP contribution in [0.2, 0.25) is 0 Å². The zero-order valence-corrected chi connectivity index (χ0v) is 17.3. The Bertz CT molecular complexity index is 592. The summed E-state index contributed by atoms with van der Waals surface area (Å²) in [6.07, 6.45) is 4.63. The largest absolute Gasteiger partial charge is 0.356 e. The van der Waals surface area contributed by atoms with Crippen molar-refractivity contribution >= 4 is 41.7 Å². The van der Waals surface area contributed by atoms with Crippen molar-refractivity contribution in [1.82, 2.24) is 15.6 Å². The maximum Gasteiger partial charge on any atom is 0.191 e. The molecule has 0 saturated carbocycles. The van der Waals surface area contributed by atoms with E-state index in [1.807, 2.05) is 30.1 Å². The summed E-state index contributed by atoms with van der Waals surface area (Å²) in [7, 11) is 1.80. The van der Waals surface area contributed by atoms with E-state index in [4.69, 9.17) is 0 Å². The first-order chi connectivity index (χ1) is 11.3. The van der Waals surface area contributed by atoms with E-state index < -0.39 is 0 Å². The SMILES string of the molecule is CN=C(NCCc1cccnc1)NCC(C)Sc1ccccc1.I. The summed E-state index contributed by atoms with van der Waals surface area (Å²) >= 11 is 1.86. The third-order valence-electron chi connectivity index (χ3n) is 3.29. The molecule has 6 heteroatoms. The first-order valence-electron chi connectivity index (χ1n) is 7.83. The van der Waals surface area contributed by atoms with Gasteiger partial charge in [-0.15, -0.1) is 35.7 Å². The molecule has 130 valence electrons. The predicted octanol–water partition coefficient (Wildman–Crippen LogP) is 3.59. The van der Waals surface area contributed by atoms with E-state index >= 15 is 0 Å². The van der Waals surface area contributed by atoms with E-state index in [0.717, 1.165) is 25.5 Å². The highest BCUT2D eigenvalue weighted by atomic mass is 127. The van der Waals surface area contributed by atoms with Gasteiger partial charge in [-0.3, -0.25) is 9.98 Å². The third-order valence-corrected chi connectivity index (χ3v) is 4.40. The van der Waals surface area contributed by atoms with Gasteiger partial charge in [-0.05, 0) is 30.2 Å². The number of hydrogen-bond donors (Lipinski definition) is 2. The van der Waals surface area contributed by atoms with E-state index in [1.165, 1.54) is 10.5 Å². The Balaban J connectivity index is 0.00000288. The predicted molar refractivity (Wildman–Crippen MR) is 114 cm³/mol. The highest BCUT2D eigenvalue weighted by Gasteiger charge is 2.05. The number of aliphatic imine (C=N–C) groups is 1. The lowest BCUT2D eigenvalue weighted by molar-refractivity contribution is 0.779. The van der Waals surface area contributed by atoms with Crippen LogP contribution >= 0.6 is 35.7 Å². The van der Waals surface area contributed by atoms with Crippen molar-refractivity contribution in [3.8, 4) is 0 Å². The molecular formula is C18H25IN4S. The molecule has 1 aromatic heterocycles. The molecule has 1 heterocycles. The minimum atomic E-state index is 0. The Labute approximate surface area is 166 Å². The lowest BCUT2D eigenvalue weighted by atomic mass is 10.2. The van der Waals surface area contributed by atoms with Crippen molar-refractivity contribution in [2.45, 2.75) is 23.5 Å². The molecule has 0 bridgehead atoms. The summed E-state index contributed by atoms with van der Waals surface area (Å²) in [5.41, 5.74) is 1.23. The van der Waals surface area contributed by atoms with Crippen LogP contribution in [0, 0.1) is 0 Å². The molecule has 1 aromatic carbocycles. The van der Waals surface area contributed by atoms with Gasteiger partial charge in [0.1, 0.15) is 0 Å². The molecule has 0 aliphatic rings. The number of nitrogens with one attached hydrogen (secondary N) is 2. The highest BCUT2D eigenvalue weighted by molar-refractivity contribution is 14.0. The van der Waals surface area contributed by atoms with Crippen molar-refractivity contribution in [1.29, 1.82) is 0 Å². The fraction of sp³-hybridized carbons (Fsp3) is 0.333. The molecule has 2 N–H and O–H groups in total. The molecule has 2 rings (SSSR count). The second kappa shape index (κ2) is 12.1. The molecule has 2 aromatic rings. The number of rotatable bonds is 7. The summed E-state index contributed by atoms with van der Waals surface area (Å²) in [5.74, 6) is 0.842. The van der Waals surface area contributed by atoms with Crippen LogP contribution in [-0.2, 0) is 6.42 Å². The maximum absolute atomic E-state index is 4.27. The summed E-state index contributed by atoms with van der Waals surface area (Å²) in [4.78, 5) is 9.69. The molecule has 0 saturated heterocycles. The molecule has 1 unspecified atom stereocenters. The van der Waals surface area contributed by atoms with Crippen molar-refractivity contribution in [3.05, 3.63) is 60.4 Å². The first-order valence-corrected chi connectivity index (χ1v) is 8.71. The second-order valence-electron chi connectivity index (χ2n) is 5.23. The molecule has 1 atom stereocenters. The molecular weight excluding hydrogens is 431 g/mol. The van der Waals surface area contributed by atoms with E-state index in [9.17, 15) is 0 Å². The topological polar surface area (TPSA) is 49.3 Å². The number of pyridine rings is 1. The van der Waals surface area contributed by atoms with Crippen molar-refractivity contribution in [3.63, 3.8) is 0 Å². The number of hydrogen-bond acceptors (Lipinski definition) is 3. The van der Waals surface area contributed by atoms with Crippen LogP contribution in [0.3, 0.4) is 0 Å². The summed E-state index contributed by atoms with van der Waals surface area (Å²) in [6.45, 7) is 3.92. The van der Waals surface area contributed by atoms with Gasteiger partial charge in [0.2, 0.25) is 0 Å². The fourth-order valence-corrected chi connectivity index (χ4v) is 3.05. The van der Waals surface area contributed by atoms with Crippen molar-refractivity contribution in [2.75, 3.05) is 20.1 Å². The number of benzene rings is 1. The van der Waals surface area contributed by atoms with Gasteiger partial charge in [-0.1, -0.05) is 31.2 Å². The van der Waals surface area contributed by atoms with Crippen molar-refractivity contribution < 1.29 is 0 Å². The minimum absolute atomic E-state index is 0. The zero-order valence-electron chi connectivity index (χ0n) is 14.1. The van der Waals surface area contributed by atoms with Gasteiger partial charge >= 0.3 is 0 Å². The Morgan fingerprint density at radius 1 is 1.17 bits per heavy atom. The Kier molecular flexibility index (Phi) is 10.5.